The fourth-order valence-corrected chi connectivity index (χ4v) is 7.19. The molecule has 0 bridgehead atoms. The van der Waals surface area contributed by atoms with Crippen LogP contribution in [0.1, 0.15) is 239 Å². The van der Waals surface area contributed by atoms with E-state index in [9.17, 15) is 9.59 Å². The smallest absolute Gasteiger partial charge is 0.407 e. The van der Waals surface area contributed by atoms with Crippen molar-refractivity contribution in [1.82, 2.24) is 10.6 Å². The number of rotatable bonds is 42. The van der Waals surface area contributed by atoms with Crippen LogP contribution in [-0.4, -0.2) is 50.6 Å². The SMILES string of the molecule is CCCCCCCCCCCCCCCCCCNC(=O)OCCC(N)(CCN)CCOC(=O)NCCCCCCCCCCCCCCCCCC. The Labute approximate surface area is 329 Å². The van der Waals surface area contributed by atoms with Crippen molar-refractivity contribution in [3.8, 4) is 0 Å². The summed E-state index contributed by atoms with van der Waals surface area (Å²) in [5, 5.41) is 5.72. The molecule has 0 aromatic rings. The summed E-state index contributed by atoms with van der Waals surface area (Å²) in [6, 6.07) is 0. The van der Waals surface area contributed by atoms with Gasteiger partial charge in [-0.15, -0.1) is 0 Å². The van der Waals surface area contributed by atoms with Crippen molar-refractivity contribution in [2.45, 2.75) is 244 Å². The number of hydrogen-bond donors (Lipinski definition) is 4. The molecule has 0 aromatic heterocycles. The number of hydrogen-bond acceptors (Lipinski definition) is 6. The fourth-order valence-electron chi connectivity index (χ4n) is 7.19. The van der Waals surface area contributed by atoms with Gasteiger partial charge in [-0.05, 0) is 38.6 Å². The zero-order chi connectivity index (χ0) is 38.8. The summed E-state index contributed by atoms with van der Waals surface area (Å²) >= 11 is 0. The van der Waals surface area contributed by atoms with E-state index in [0.29, 0.717) is 38.9 Å². The average Bonchev–Trinajstić information content (AvgIpc) is 3.14. The van der Waals surface area contributed by atoms with Crippen molar-refractivity contribution in [3.05, 3.63) is 0 Å². The van der Waals surface area contributed by atoms with E-state index >= 15 is 0 Å². The van der Waals surface area contributed by atoms with Crippen LogP contribution in [0.5, 0.6) is 0 Å². The lowest BCUT2D eigenvalue weighted by Crippen LogP contribution is -2.44. The number of amides is 2. The van der Waals surface area contributed by atoms with Gasteiger partial charge in [-0.1, -0.05) is 206 Å². The average molecular weight is 753 g/mol. The third kappa shape index (κ3) is 40.0. The zero-order valence-corrected chi connectivity index (χ0v) is 35.6. The monoisotopic (exact) mass is 753 g/mol. The van der Waals surface area contributed by atoms with Crippen LogP contribution in [0.15, 0.2) is 0 Å². The molecule has 8 heteroatoms. The second kappa shape index (κ2) is 41.6. The first-order valence-electron chi connectivity index (χ1n) is 23.3. The van der Waals surface area contributed by atoms with E-state index in [1.807, 2.05) is 0 Å². The second-order valence-electron chi connectivity index (χ2n) is 16.1. The third-order valence-electron chi connectivity index (χ3n) is 10.9. The molecule has 0 aliphatic heterocycles. The van der Waals surface area contributed by atoms with Gasteiger partial charge >= 0.3 is 12.2 Å². The number of unbranched alkanes of at least 4 members (excludes halogenated alkanes) is 30. The van der Waals surface area contributed by atoms with E-state index in [0.717, 1.165) is 25.7 Å². The zero-order valence-electron chi connectivity index (χ0n) is 35.6. The molecular weight excluding hydrogens is 661 g/mol. The molecule has 0 unspecified atom stereocenters. The molecule has 0 saturated heterocycles. The number of nitrogens with one attached hydrogen (secondary N) is 2. The van der Waals surface area contributed by atoms with Crippen LogP contribution in [0.4, 0.5) is 9.59 Å². The van der Waals surface area contributed by atoms with Gasteiger partial charge in [-0.3, -0.25) is 0 Å². The van der Waals surface area contributed by atoms with Crippen LogP contribution >= 0.6 is 0 Å². The van der Waals surface area contributed by atoms with Crippen molar-refractivity contribution in [2.75, 3.05) is 32.8 Å². The third-order valence-corrected chi connectivity index (χ3v) is 10.9. The van der Waals surface area contributed by atoms with Crippen LogP contribution in [0, 0.1) is 0 Å². The molecule has 0 saturated carbocycles. The lowest BCUT2D eigenvalue weighted by molar-refractivity contribution is 0.116. The second-order valence-corrected chi connectivity index (χ2v) is 16.1. The molecule has 6 N–H and O–H groups in total. The van der Waals surface area contributed by atoms with E-state index in [1.54, 1.807) is 0 Å². The maximum atomic E-state index is 12.2. The highest BCUT2D eigenvalue weighted by molar-refractivity contribution is 5.67. The molecular formula is C45H92N4O4. The predicted octanol–water partition coefficient (Wildman–Crippen LogP) is 12.8. The molecule has 0 fully saturated rings. The Kier molecular flexibility index (Phi) is 40.4. The first kappa shape index (κ1) is 51.5. The van der Waals surface area contributed by atoms with Crippen LogP contribution in [0.3, 0.4) is 0 Å². The minimum absolute atomic E-state index is 0.215. The minimum Gasteiger partial charge on any atom is -0.449 e. The molecule has 53 heavy (non-hydrogen) atoms. The van der Waals surface area contributed by atoms with Crippen molar-refractivity contribution in [2.24, 2.45) is 11.5 Å². The summed E-state index contributed by atoms with van der Waals surface area (Å²) in [5.41, 5.74) is 11.7. The molecule has 2 amide bonds. The summed E-state index contributed by atoms with van der Waals surface area (Å²) in [5.74, 6) is 0. The van der Waals surface area contributed by atoms with Gasteiger partial charge < -0.3 is 31.6 Å². The van der Waals surface area contributed by atoms with Gasteiger partial charge in [0.15, 0.2) is 0 Å². The summed E-state index contributed by atoms with van der Waals surface area (Å²) in [7, 11) is 0. The van der Waals surface area contributed by atoms with Crippen molar-refractivity contribution < 1.29 is 19.1 Å². The Morgan fingerprint density at radius 1 is 0.415 bits per heavy atom. The van der Waals surface area contributed by atoms with Gasteiger partial charge in [0, 0.05) is 18.6 Å². The lowest BCUT2D eigenvalue weighted by Gasteiger charge is -2.28. The Morgan fingerprint density at radius 2 is 0.660 bits per heavy atom. The first-order chi connectivity index (χ1) is 26.0. The topological polar surface area (TPSA) is 129 Å². The van der Waals surface area contributed by atoms with E-state index in [1.165, 1.54) is 180 Å². The normalized spacial score (nSPS) is 11.5. The van der Waals surface area contributed by atoms with Crippen LogP contribution in [-0.2, 0) is 9.47 Å². The predicted molar refractivity (Wildman–Crippen MR) is 228 cm³/mol. The quantitative estimate of drug-likeness (QED) is 0.0460. The van der Waals surface area contributed by atoms with Crippen LogP contribution in [0.2, 0.25) is 0 Å². The number of ether oxygens (including phenoxy) is 2. The van der Waals surface area contributed by atoms with Gasteiger partial charge in [-0.25, -0.2) is 9.59 Å². The molecule has 0 heterocycles. The number of nitrogens with two attached hydrogens (primary N) is 2. The van der Waals surface area contributed by atoms with E-state index in [-0.39, 0.29) is 13.2 Å². The largest absolute Gasteiger partial charge is 0.449 e. The molecule has 8 nitrogen and oxygen atoms in total. The molecule has 0 radical (unpaired) electrons. The highest BCUT2D eigenvalue weighted by Gasteiger charge is 2.25. The lowest BCUT2D eigenvalue weighted by atomic mass is 9.89. The molecule has 0 atom stereocenters. The van der Waals surface area contributed by atoms with Crippen molar-refractivity contribution >= 4 is 12.2 Å². The Balaban J connectivity index is 3.64. The summed E-state index contributed by atoms with van der Waals surface area (Å²) in [4.78, 5) is 24.3. The molecule has 0 spiro atoms. The highest BCUT2D eigenvalue weighted by atomic mass is 16.6. The summed E-state index contributed by atoms with van der Waals surface area (Å²) in [6.07, 6.45) is 43.3. The van der Waals surface area contributed by atoms with Gasteiger partial charge in [-0.2, -0.15) is 0 Å². The number of carbonyl (C=O) groups excluding carboxylic acids is 2. The van der Waals surface area contributed by atoms with Crippen LogP contribution in [0.25, 0.3) is 0 Å². The number of carbonyl (C=O) groups is 2. The van der Waals surface area contributed by atoms with Crippen molar-refractivity contribution in [1.29, 1.82) is 0 Å². The maximum Gasteiger partial charge on any atom is 0.407 e. The first-order valence-corrected chi connectivity index (χ1v) is 23.3. The Bertz CT molecular complexity index is 713. The fraction of sp³-hybridized carbons (Fsp3) is 0.956. The molecule has 0 aromatic carbocycles. The van der Waals surface area contributed by atoms with Gasteiger partial charge in [0.05, 0.1) is 13.2 Å². The minimum atomic E-state index is -0.642. The molecule has 0 aliphatic rings. The Hall–Kier alpha value is -1.54. The van der Waals surface area contributed by atoms with Gasteiger partial charge in [0.1, 0.15) is 0 Å². The van der Waals surface area contributed by atoms with Gasteiger partial charge in [0.25, 0.3) is 0 Å². The van der Waals surface area contributed by atoms with Crippen LogP contribution < -0.4 is 22.1 Å². The molecule has 316 valence electrons. The Morgan fingerprint density at radius 3 is 0.906 bits per heavy atom. The standard InChI is InChI=1S/C45H92N4O4/c1-3-5-7-9-11-13-15-17-19-21-23-25-27-29-31-33-39-48-43(50)52-41-36-45(47,35-38-46)37-42-53-44(51)49-40-34-32-30-28-26-24-22-20-18-16-14-12-10-8-6-4-2/h3-42,46-47H2,1-2H3,(H,48,50)(H,49,51). The molecule has 0 aliphatic carbocycles. The van der Waals surface area contributed by atoms with Gasteiger partial charge in [0.2, 0.25) is 0 Å². The number of alkyl carbamates (subject to hydrolysis) is 2. The highest BCUT2D eigenvalue weighted by Crippen LogP contribution is 2.18. The summed E-state index contributed by atoms with van der Waals surface area (Å²) < 4.78 is 10.8. The summed E-state index contributed by atoms with van der Waals surface area (Å²) in [6.45, 7) is 6.68. The maximum absolute atomic E-state index is 12.2. The van der Waals surface area contributed by atoms with E-state index in [4.69, 9.17) is 20.9 Å². The molecule has 0 rings (SSSR count). The van der Waals surface area contributed by atoms with E-state index < -0.39 is 17.7 Å². The van der Waals surface area contributed by atoms with E-state index in [2.05, 4.69) is 24.5 Å². The van der Waals surface area contributed by atoms with Crippen molar-refractivity contribution in [3.63, 3.8) is 0 Å².